The van der Waals surface area contributed by atoms with Crippen molar-refractivity contribution in [2.75, 3.05) is 13.7 Å². The molecule has 0 fully saturated rings. The van der Waals surface area contributed by atoms with E-state index >= 15 is 0 Å². The minimum absolute atomic E-state index is 0.109. The van der Waals surface area contributed by atoms with E-state index in [0.29, 0.717) is 11.5 Å². The Morgan fingerprint density at radius 2 is 2.00 bits per heavy atom. The maximum absolute atomic E-state index is 11.6. The third-order valence-corrected chi connectivity index (χ3v) is 2.94. The molecule has 0 saturated heterocycles. The summed E-state index contributed by atoms with van der Waals surface area (Å²) in [6.07, 6.45) is 1.50. The van der Waals surface area contributed by atoms with Gasteiger partial charge in [0.25, 0.3) is 0 Å². The average molecular weight is 299 g/mol. The van der Waals surface area contributed by atoms with E-state index in [1.165, 1.54) is 6.08 Å². The molecule has 0 aliphatic carbocycles. The number of benzene rings is 1. The highest BCUT2D eigenvalue weighted by Crippen LogP contribution is 2.25. The third-order valence-electron chi connectivity index (χ3n) is 2.94. The Morgan fingerprint density at radius 1 is 1.27 bits per heavy atom. The summed E-state index contributed by atoms with van der Waals surface area (Å²) in [7, 11) is 1.62. The Morgan fingerprint density at radius 3 is 2.59 bits per heavy atom. The first-order chi connectivity index (χ1) is 10.7. The van der Waals surface area contributed by atoms with Crippen molar-refractivity contribution in [1.82, 2.24) is 0 Å². The molecular formula is C17H17NO4. The molecule has 0 radical (unpaired) electrons. The zero-order valence-corrected chi connectivity index (χ0v) is 12.5. The molecular weight excluding hydrogens is 282 g/mol. The Balaban J connectivity index is 2.22. The lowest BCUT2D eigenvalue weighted by Crippen LogP contribution is -2.05. The van der Waals surface area contributed by atoms with Crippen LogP contribution in [0.25, 0.3) is 17.4 Å². The van der Waals surface area contributed by atoms with Crippen molar-refractivity contribution in [2.45, 2.75) is 6.92 Å². The van der Waals surface area contributed by atoms with Gasteiger partial charge in [-0.05, 0) is 50.0 Å². The molecule has 1 aromatic carbocycles. The van der Waals surface area contributed by atoms with Crippen LogP contribution in [0, 0.1) is 0 Å². The lowest BCUT2D eigenvalue weighted by atomic mass is 10.2. The number of ether oxygens (including phenoxy) is 2. The van der Waals surface area contributed by atoms with Crippen molar-refractivity contribution in [3.8, 4) is 17.1 Å². The Kier molecular flexibility index (Phi) is 5.14. The van der Waals surface area contributed by atoms with Crippen LogP contribution in [0.5, 0.6) is 5.75 Å². The van der Waals surface area contributed by atoms with E-state index in [4.69, 9.17) is 13.9 Å². The van der Waals surface area contributed by atoms with Crippen LogP contribution in [-0.2, 0) is 9.53 Å². The van der Waals surface area contributed by atoms with Crippen LogP contribution in [0.1, 0.15) is 12.7 Å². The monoisotopic (exact) mass is 299 g/mol. The number of methoxy groups -OCH3 is 1. The van der Waals surface area contributed by atoms with Gasteiger partial charge in [0.1, 0.15) is 17.3 Å². The van der Waals surface area contributed by atoms with Crippen LogP contribution >= 0.6 is 0 Å². The summed E-state index contributed by atoms with van der Waals surface area (Å²) in [5.41, 5.74) is 1.02. The summed E-state index contributed by atoms with van der Waals surface area (Å²) in [6.45, 7) is 5.38. The van der Waals surface area contributed by atoms with E-state index in [2.05, 4.69) is 11.7 Å². The zero-order valence-electron chi connectivity index (χ0n) is 12.5. The van der Waals surface area contributed by atoms with Crippen molar-refractivity contribution in [3.63, 3.8) is 0 Å². The second-order valence-electron chi connectivity index (χ2n) is 4.34. The van der Waals surface area contributed by atoms with Gasteiger partial charge in [-0.3, -0.25) is 4.99 Å². The summed E-state index contributed by atoms with van der Waals surface area (Å²) >= 11 is 0. The second-order valence-corrected chi connectivity index (χ2v) is 4.34. The molecule has 0 amide bonds. The summed E-state index contributed by atoms with van der Waals surface area (Å²) in [5.74, 6) is 1.43. The van der Waals surface area contributed by atoms with Crippen LogP contribution in [0.15, 0.2) is 51.5 Å². The molecule has 0 unspecified atom stereocenters. The van der Waals surface area contributed by atoms with Crippen LogP contribution in [0.4, 0.5) is 0 Å². The minimum atomic E-state index is -0.528. The largest absolute Gasteiger partial charge is 0.497 e. The molecule has 22 heavy (non-hydrogen) atoms. The third kappa shape index (κ3) is 3.63. The number of esters is 1. The van der Waals surface area contributed by atoms with E-state index in [1.54, 1.807) is 20.1 Å². The van der Waals surface area contributed by atoms with Crippen LogP contribution in [0.2, 0.25) is 0 Å². The molecule has 0 N–H and O–H groups in total. The van der Waals surface area contributed by atoms with Crippen LogP contribution < -0.4 is 4.74 Å². The van der Waals surface area contributed by atoms with Crippen LogP contribution in [0.3, 0.4) is 0 Å². The van der Waals surface area contributed by atoms with Crippen molar-refractivity contribution in [3.05, 3.63) is 47.9 Å². The van der Waals surface area contributed by atoms with Gasteiger partial charge in [-0.1, -0.05) is 0 Å². The lowest BCUT2D eigenvalue weighted by Gasteiger charge is -2.01. The molecule has 1 aromatic heterocycles. The smallest absolute Gasteiger partial charge is 0.357 e. The molecule has 0 aliphatic rings. The van der Waals surface area contributed by atoms with Crippen molar-refractivity contribution in [2.24, 2.45) is 4.99 Å². The maximum Gasteiger partial charge on any atom is 0.357 e. The summed E-state index contributed by atoms with van der Waals surface area (Å²) in [6, 6.07) is 11.1. The number of furan rings is 1. The average Bonchev–Trinajstić information content (AvgIpc) is 3.01. The SMILES string of the molecule is C=N/C(=C\c1ccc(-c2ccc(OC)cc2)o1)C(=O)OCC. The van der Waals surface area contributed by atoms with Gasteiger partial charge in [0, 0.05) is 11.6 Å². The quantitative estimate of drug-likeness (QED) is 0.465. The van der Waals surface area contributed by atoms with E-state index in [9.17, 15) is 4.79 Å². The first kappa shape index (κ1) is 15.6. The number of aliphatic imine (C=N–C) groups is 1. The van der Waals surface area contributed by atoms with Crippen molar-refractivity contribution in [1.29, 1.82) is 0 Å². The normalized spacial score (nSPS) is 11.1. The van der Waals surface area contributed by atoms with E-state index in [0.717, 1.165) is 11.3 Å². The Bertz CT molecular complexity index is 683. The molecule has 114 valence electrons. The standard InChI is InChI=1S/C17H17NO4/c1-4-21-17(19)15(18-2)11-14-9-10-16(22-14)12-5-7-13(20-3)8-6-12/h5-11H,2,4H2,1,3H3/b15-11-. The van der Waals surface area contributed by atoms with Gasteiger partial charge >= 0.3 is 5.97 Å². The molecule has 0 bridgehead atoms. The summed E-state index contributed by atoms with van der Waals surface area (Å²) in [4.78, 5) is 15.3. The Labute approximate surface area is 128 Å². The van der Waals surface area contributed by atoms with Crippen molar-refractivity contribution < 1.29 is 18.7 Å². The maximum atomic E-state index is 11.6. The molecule has 2 aromatic rings. The highest BCUT2D eigenvalue weighted by Gasteiger charge is 2.10. The molecule has 5 nitrogen and oxygen atoms in total. The molecule has 2 rings (SSSR count). The van der Waals surface area contributed by atoms with E-state index in [-0.39, 0.29) is 12.3 Å². The molecule has 0 spiro atoms. The minimum Gasteiger partial charge on any atom is -0.497 e. The Hall–Kier alpha value is -2.82. The fraction of sp³-hybridized carbons (Fsp3) is 0.176. The van der Waals surface area contributed by atoms with Gasteiger partial charge < -0.3 is 13.9 Å². The predicted octanol–water partition coefficient (Wildman–Crippen LogP) is 3.56. The second kappa shape index (κ2) is 7.26. The molecule has 5 heteroatoms. The van der Waals surface area contributed by atoms with Gasteiger partial charge in [-0.2, -0.15) is 0 Å². The highest BCUT2D eigenvalue weighted by atomic mass is 16.5. The first-order valence-electron chi connectivity index (χ1n) is 6.77. The zero-order chi connectivity index (χ0) is 15.9. The van der Waals surface area contributed by atoms with Gasteiger partial charge in [0.15, 0.2) is 5.70 Å². The van der Waals surface area contributed by atoms with Gasteiger partial charge in [0.05, 0.1) is 13.7 Å². The number of hydrogen-bond donors (Lipinski definition) is 0. The van der Waals surface area contributed by atoms with Gasteiger partial charge in [-0.15, -0.1) is 0 Å². The van der Waals surface area contributed by atoms with Gasteiger partial charge in [-0.25, -0.2) is 4.79 Å². The topological polar surface area (TPSA) is 61.0 Å². The van der Waals surface area contributed by atoms with Gasteiger partial charge in [0.2, 0.25) is 0 Å². The predicted molar refractivity (Wildman–Crippen MR) is 84.9 cm³/mol. The highest BCUT2D eigenvalue weighted by molar-refractivity contribution is 5.93. The fourth-order valence-electron chi connectivity index (χ4n) is 1.85. The fourth-order valence-corrected chi connectivity index (χ4v) is 1.85. The molecule has 0 aliphatic heterocycles. The summed E-state index contributed by atoms with van der Waals surface area (Å²) < 4.78 is 15.7. The number of carbonyl (C=O) groups is 1. The van der Waals surface area contributed by atoms with E-state index < -0.39 is 5.97 Å². The number of rotatable bonds is 6. The van der Waals surface area contributed by atoms with Crippen LogP contribution in [-0.4, -0.2) is 26.4 Å². The van der Waals surface area contributed by atoms with Crippen molar-refractivity contribution >= 4 is 18.8 Å². The molecule has 0 atom stereocenters. The number of nitrogens with zero attached hydrogens (tertiary/aromatic N) is 1. The molecule has 0 saturated carbocycles. The summed E-state index contributed by atoms with van der Waals surface area (Å²) in [5, 5.41) is 0. The number of carbonyl (C=O) groups excluding carboxylic acids is 1. The van der Waals surface area contributed by atoms with E-state index in [1.807, 2.05) is 30.3 Å². The lowest BCUT2D eigenvalue weighted by molar-refractivity contribution is -0.138. The number of hydrogen-bond acceptors (Lipinski definition) is 5. The molecule has 1 heterocycles. The first-order valence-corrected chi connectivity index (χ1v) is 6.77.